The van der Waals surface area contributed by atoms with E-state index >= 15 is 0 Å². The molecule has 2 rings (SSSR count). The molecular formula is C9H7N3. The topological polar surface area (TPSA) is 38.7 Å². The number of pyridine rings is 1. The number of rotatable bonds is 1. The fourth-order valence-electron chi connectivity index (χ4n) is 0.952. The third kappa shape index (κ3) is 1.29. The highest BCUT2D eigenvalue weighted by atomic mass is 15.1. The molecule has 2 heterocycles. The predicted octanol–water partition coefficient (Wildman–Crippen LogP) is 1.54. The molecule has 0 atom stereocenters. The van der Waals surface area contributed by atoms with Crippen molar-refractivity contribution in [1.82, 2.24) is 15.2 Å². The SMILES string of the molecule is c1ccc(-c2cccnn2)nc1. The molecule has 0 N–H and O–H groups in total. The van der Waals surface area contributed by atoms with Crippen molar-refractivity contribution in [1.29, 1.82) is 0 Å². The van der Waals surface area contributed by atoms with Gasteiger partial charge in [0.1, 0.15) is 5.69 Å². The number of aromatic nitrogens is 3. The molecule has 0 unspecified atom stereocenters. The van der Waals surface area contributed by atoms with Gasteiger partial charge in [-0.3, -0.25) is 4.98 Å². The smallest absolute Gasteiger partial charge is 0.111 e. The van der Waals surface area contributed by atoms with Crippen LogP contribution >= 0.6 is 0 Å². The minimum Gasteiger partial charge on any atom is -0.255 e. The van der Waals surface area contributed by atoms with Gasteiger partial charge in [0.2, 0.25) is 0 Å². The molecule has 0 spiro atoms. The fourth-order valence-corrected chi connectivity index (χ4v) is 0.952. The quantitative estimate of drug-likeness (QED) is 0.630. The highest BCUT2D eigenvalue weighted by molar-refractivity contribution is 5.51. The first-order chi connectivity index (χ1) is 5.97. The molecule has 0 aliphatic heterocycles. The summed E-state index contributed by atoms with van der Waals surface area (Å²) in [7, 11) is 0. The van der Waals surface area contributed by atoms with E-state index in [-0.39, 0.29) is 0 Å². The summed E-state index contributed by atoms with van der Waals surface area (Å²) in [4.78, 5) is 4.15. The Morgan fingerprint density at radius 1 is 0.833 bits per heavy atom. The maximum atomic E-state index is 4.15. The summed E-state index contributed by atoms with van der Waals surface area (Å²) >= 11 is 0. The Morgan fingerprint density at radius 3 is 2.42 bits per heavy atom. The summed E-state index contributed by atoms with van der Waals surface area (Å²) in [6, 6.07) is 9.44. The van der Waals surface area contributed by atoms with Crippen LogP contribution in [0.2, 0.25) is 0 Å². The van der Waals surface area contributed by atoms with Crippen molar-refractivity contribution in [3.8, 4) is 11.4 Å². The van der Waals surface area contributed by atoms with E-state index in [9.17, 15) is 0 Å². The monoisotopic (exact) mass is 157 g/mol. The molecule has 0 aliphatic carbocycles. The predicted molar refractivity (Wildman–Crippen MR) is 45.3 cm³/mol. The van der Waals surface area contributed by atoms with Gasteiger partial charge < -0.3 is 0 Å². The van der Waals surface area contributed by atoms with E-state index in [4.69, 9.17) is 0 Å². The van der Waals surface area contributed by atoms with Gasteiger partial charge in [0.25, 0.3) is 0 Å². The normalized spacial score (nSPS) is 9.67. The first kappa shape index (κ1) is 6.91. The molecule has 3 heteroatoms. The van der Waals surface area contributed by atoms with Crippen molar-refractivity contribution in [2.24, 2.45) is 0 Å². The van der Waals surface area contributed by atoms with Gasteiger partial charge in [0.05, 0.1) is 5.69 Å². The zero-order chi connectivity index (χ0) is 8.23. The Balaban J connectivity index is 2.46. The van der Waals surface area contributed by atoms with Crippen LogP contribution in [-0.2, 0) is 0 Å². The van der Waals surface area contributed by atoms with E-state index in [1.807, 2.05) is 30.3 Å². The molecule has 0 aromatic carbocycles. The van der Waals surface area contributed by atoms with Crippen molar-refractivity contribution in [3.05, 3.63) is 42.7 Å². The van der Waals surface area contributed by atoms with Gasteiger partial charge in [-0.1, -0.05) is 6.07 Å². The highest BCUT2D eigenvalue weighted by Gasteiger charge is 1.96. The van der Waals surface area contributed by atoms with Crippen LogP contribution in [0.15, 0.2) is 42.7 Å². The average Bonchev–Trinajstić information content (AvgIpc) is 2.21. The number of nitrogens with zero attached hydrogens (tertiary/aromatic N) is 3. The standard InChI is InChI=1S/C9H7N3/c1-2-6-10-8(4-1)9-5-3-7-11-12-9/h1-7H. The van der Waals surface area contributed by atoms with Crippen molar-refractivity contribution in [2.45, 2.75) is 0 Å². The Morgan fingerprint density at radius 2 is 1.75 bits per heavy atom. The van der Waals surface area contributed by atoms with Gasteiger partial charge in [-0.25, -0.2) is 0 Å². The highest BCUT2D eigenvalue weighted by Crippen LogP contribution is 2.09. The third-order valence-corrected chi connectivity index (χ3v) is 1.50. The minimum atomic E-state index is 0.804. The molecule has 0 bridgehead atoms. The summed E-state index contributed by atoms with van der Waals surface area (Å²) in [5.41, 5.74) is 1.66. The van der Waals surface area contributed by atoms with Crippen LogP contribution in [0.5, 0.6) is 0 Å². The average molecular weight is 157 g/mol. The molecule has 0 radical (unpaired) electrons. The summed E-state index contributed by atoms with van der Waals surface area (Å²) < 4.78 is 0. The Hall–Kier alpha value is -1.77. The number of hydrogen-bond donors (Lipinski definition) is 0. The summed E-state index contributed by atoms with van der Waals surface area (Å²) in [5.74, 6) is 0. The van der Waals surface area contributed by atoms with Gasteiger partial charge in [-0.15, -0.1) is 5.10 Å². The van der Waals surface area contributed by atoms with Crippen LogP contribution < -0.4 is 0 Å². The Kier molecular flexibility index (Phi) is 1.78. The van der Waals surface area contributed by atoms with Crippen molar-refractivity contribution in [3.63, 3.8) is 0 Å². The van der Waals surface area contributed by atoms with E-state index in [2.05, 4.69) is 15.2 Å². The molecule has 3 nitrogen and oxygen atoms in total. The van der Waals surface area contributed by atoms with Crippen molar-refractivity contribution >= 4 is 0 Å². The lowest BCUT2D eigenvalue weighted by Gasteiger charge is -1.95. The molecule has 0 saturated carbocycles. The second-order valence-electron chi connectivity index (χ2n) is 2.32. The van der Waals surface area contributed by atoms with Crippen LogP contribution in [0.25, 0.3) is 11.4 Å². The van der Waals surface area contributed by atoms with Crippen LogP contribution in [0.4, 0.5) is 0 Å². The summed E-state index contributed by atoms with van der Waals surface area (Å²) in [6.07, 6.45) is 3.39. The molecule has 0 saturated heterocycles. The summed E-state index contributed by atoms with van der Waals surface area (Å²) in [5, 5.41) is 7.71. The van der Waals surface area contributed by atoms with Crippen molar-refractivity contribution in [2.75, 3.05) is 0 Å². The third-order valence-electron chi connectivity index (χ3n) is 1.50. The van der Waals surface area contributed by atoms with Crippen LogP contribution in [0.1, 0.15) is 0 Å². The number of hydrogen-bond acceptors (Lipinski definition) is 3. The maximum absolute atomic E-state index is 4.15. The van der Waals surface area contributed by atoms with E-state index < -0.39 is 0 Å². The van der Waals surface area contributed by atoms with Crippen LogP contribution in [-0.4, -0.2) is 15.2 Å². The van der Waals surface area contributed by atoms with Crippen molar-refractivity contribution < 1.29 is 0 Å². The lowest BCUT2D eigenvalue weighted by atomic mass is 10.2. The molecule has 0 amide bonds. The first-order valence-electron chi connectivity index (χ1n) is 3.66. The second kappa shape index (κ2) is 3.09. The molecule has 2 aromatic heterocycles. The van der Waals surface area contributed by atoms with Crippen LogP contribution in [0.3, 0.4) is 0 Å². The first-order valence-corrected chi connectivity index (χ1v) is 3.66. The Bertz CT molecular complexity index is 307. The maximum Gasteiger partial charge on any atom is 0.111 e. The largest absolute Gasteiger partial charge is 0.255 e. The molecular weight excluding hydrogens is 150 g/mol. The minimum absolute atomic E-state index is 0.804. The van der Waals surface area contributed by atoms with Gasteiger partial charge >= 0.3 is 0 Å². The summed E-state index contributed by atoms with van der Waals surface area (Å²) in [6.45, 7) is 0. The van der Waals surface area contributed by atoms with Gasteiger partial charge in [0.15, 0.2) is 0 Å². The van der Waals surface area contributed by atoms with Gasteiger partial charge in [-0.05, 0) is 24.3 Å². The van der Waals surface area contributed by atoms with E-state index in [0.29, 0.717) is 0 Å². The van der Waals surface area contributed by atoms with E-state index in [1.54, 1.807) is 12.4 Å². The van der Waals surface area contributed by atoms with E-state index in [0.717, 1.165) is 11.4 Å². The van der Waals surface area contributed by atoms with Crippen LogP contribution in [0, 0.1) is 0 Å². The van der Waals surface area contributed by atoms with Gasteiger partial charge in [-0.2, -0.15) is 5.10 Å². The lowest BCUT2D eigenvalue weighted by Crippen LogP contribution is -1.87. The zero-order valence-corrected chi connectivity index (χ0v) is 6.38. The molecule has 12 heavy (non-hydrogen) atoms. The van der Waals surface area contributed by atoms with E-state index in [1.165, 1.54) is 0 Å². The molecule has 58 valence electrons. The molecule has 0 aliphatic rings. The molecule has 0 fully saturated rings. The Labute approximate surface area is 70.1 Å². The fraction of sp³-hybridized carbons (Fsp3) is 0. The van der Waals surface area contributed by atoms with Gasteiger partial charge in [0, 0.05) is 12.4 Å². The zero-order valence-electron chi connectivity index (χ0n) is 6.38. The molecule has 2 aromatic rings. The second-order valence-corrected chi connectivity index (χ2v) is 2.32. The lowest BCUT2D eigenvalue weighted by molar-refractivity contribution is 1.03.